The Labute approximate surface area is 144 Å². The van der Waals surface area contributed by atoms with Gasteiger partial charge in [0.25, 0.3) is 5.56 Å². The van der Waals surface area contributed by atoms with Crippen molar-refractivity contribution in [2.75, 3.05) is 7.05 Å². The van der Waals surface area contributed by atoms with E-state index in [1.54, 1.807) is 37.4 Å². The van der Waals surface area contributed by atoms with Crippen molar-refractivity contribution >= 4 is 16.8 Å². The zero-order valence-electron chi connectivity index (χ0n) is 13.8. The fourth-order valence-electron chi connectivity index (χ4n) is 2.67. The first-order valence-electron chi connectivity index (χ1n) is 7.99. The summed E-state index contributed by atoms with van der Waals surface area (Å²) in [7, 11) is 1.67. The number of rotatable bonds is 5. The molecular formula is C19H18FN3O2. The van der Waals surface area contributed by atoms with Crippen LogP contribution in [0.1, 0.15) is 17.8 Å². The van der Waals surface area contributed by atoms with Crippen LogP contribution < -0.4 is 5.56 Å². The average Bonchev–Trinajstić information content (AvgIpc) is 2.59. The molecule has 5 nitrogen and oxygen atoms in total. The molecule has 3 aromatic rings. The number of carbonyl (C=O) groups is 1. The Kier molecular flexibility index (Phi) is 4.88. The fraction of sp³-hybridized carbons (Fsp3) is 0.211. The van der Waals surface area contributed by atoms with Crippen LogP contribution in [0, 0.1) is 5.82 Å². The van der Waals surface area contributed by atoms with E-state index >= 15 is 0 Å². The summed E-state index contributed by atoms with van der Waals surface area (Å²) in [5.41, 5.74) is 1.14. The number of nitrogens with zero attached hydrogens (tertiary/aromatic N) is 2. The quantitative estimate of drug-likeness (QED) is 0.777. The summed E-state index contributed by atoms with van der Waals surface area (Å²) in [6, 6.07) is 13.2. The first kappa shape index (κ1) is 16.8. The highest BCUT2D eigenvalue weighted by Crippen LogP contribution is 2.09. The number of fused-ring (bicyclic) bond motifs is 1. The van der Waals surface area contributed by atoms with Gasteiger partial charge in [-0.25, -0.2) is 9.37 Å². The normalized spacial score (nSPS) is 10.8. The summed E-state index contributed by atoms with van der Waals surface area (Å²) in [4.78, 5) is 32.9. The standard InChI is InChI=1S/C19H18FN3O2/c1-23(12-13-5-4-6-14(20)11-13)18(24)10-9-17-21-16-8-3-2-7-15(16)19(25)22-17/h2-8,11H,9-10,12H2,1H3,(H,21,22,25). The number of hydrogen-bond donors (Lipinski definition) is 1. The molecule has 0 atom stereocenters. The minimum atomic E-state index is -0.323. The van der Waals surface area contributed by atoms with Crippen LogP contribution in [0.15, 0.2) is 53.3 Å². The van der Waals surface area contributed by atoms with Crippen molar-refractivity contribution in [3.8, 4) is 0 Å². The van der Waals surface area contributed by atoms with E-state index in [9.17, 15) is 14.0 Å². The maximum atomic E-state index is 13.2. The molecule has 0 aliphatic carbocycles. The van der Waals surface area contributed by atoms with Crippen molar-refractivity contribution in [3.63, 3.8) is 0 Å². The number of nitrogens with one attached hydrogen (secondary N) is 1. The lowest BCUT2D eigenvalue weighted by atomic mass is 10.2. The van der Waals surface area contributed by atoms with E-state index in [1.807, 2.05) is 6.07 Å². The molecule has 1 aromatic heterocycles. The number of amides is 1. The van der Waals surface area contributed by atoms with Gasteiger partial charge in [-0.15, -0.1) is 0 Å². The van der Waals surface area contributed by atoms with Crippen LogP contribution in [-0.2, 0) is 17.8 Å². The molecule has 0 aliphatic heterocycles. The smallest absolute Gasteiger partial charge is 0.258 e. The Balaban J connectivity index is 1.64. The minimum absolute atomic E-state index is 0.0972. The summed E-state index contributed by atoms with van der Waals surface area (Å²) < 4.78 is 13.2. The molecule has 0 saturated carbocycles. The molecule has 0 unspecified atom stereocenters. The first-order valence-corrected chi connectivity index (χ1v) is 7.99. The van der Waals surface area contributed by atoms with Crippen LogP contribution in [0.5, 0.6) is 0 Å². The maximum Gasteiger partial charge on any atom is 0.258 e. The predicted molar refractivity (Wildman–Crippen MR) is 93.6 cm³/mol. The number of hydrogen-bond acceptors (Lipinski definition) is 3. The molecule has 3 rings (SSSR count). The van der Waals surface area contributed by atoms with Crippen LogP contribution >= 0.6 is 0 Å². The van der Waals surface area contributed by atoms with E-state index in [-0.39, 0.29) is 23.7 Å². The molecule has 0 radical (unpaired) electrons. The van der Waals surface area contributed by atoms with Gasteiger partial charge in [-0.3, -0.25) is 9.59 Å². The van der Waals surface area contributed by atoms with E-state index in [0.29, 0.717) is 29.7 Å². The van der Waals surface area contributed by atoms with Gasteiger partial charge < -0.3 is 9.88 Å². The third-order valence-electron chi connectivity index (χ3n) is 3.97. The van der Waals surface area contributed by atoms with Gasteiger partial charge in [0.15, 0.2) is 0 Å². The fourth-order valence-corrected chi connectivity index (χ4v) is 2.67. The Bertz CT molecular complexity index is 968. The highest BCUT2D eigenvalue weighted by atomic mass is 19.1. The number of H-pyrrole nitrogens is 1. The van der Waals surface area contributed by atoms with Gasteiger partial charge in [0.2, 0.25) is 5.91 Å². The van der Waals surface area contributed by atoms with Crippen LogP contribution in [0.25, 0.3) is 10.9 Å². The van der Waals surface area contributed by atoms with Crippen LogP contribution in [-0.4, -0.2) is 27.8 Å². The zero-order chi connectivity index (χ0) is 17.8. The lowest BCUT2D eigenvalue weighted by molar-refractivity contribution is -0.130. The summed E-state index contributed by atoms with van der Waals surface area (Å²) in [5, 5.41) is 0.529. The molecule has 0 spiro atoms. The highest BCUT2D eigenvalue weighted by molar-refractivity contribution is 5.78. The second-order valence-corrected chi connectivity index (χ2v) is 5.91. The second-order valence-electron chi connectivity index (χ2n) is 5.91. The third kappa shape index (κ3) is 4.09. The van der Waals surface area contributed by atoms with E-state index in [2.05, 4.69) is 9.97 Å². The maximum absolute atomic E-state index is 13.2. The Morgan fingerprint density at radius 3 is 2.80 bits per heavy atom. The average molecular weight is 339 g/mol. The number of halogens is 1. The summed E-state index contributed by atoms with van der Waals surface area (Å²) >= 11 is 0. The van der Waals surface area contributed by atoms with Gasteiger partial charge in [0, 0.05) is 26.4 Å². The largest absolute Gasteiger partial charge is 0.341 e. The van der Waals surface area contributed by atoms with Crippen molar-refractivity contribution in [1.29, 1.82) is 0 Å². The Morgan fingerprint density at radius 2 is 2.00 bits per heavy atom. The van der Waals surface area contributed by atoms with E-state index in [1.165, 1.54) is 17.0 Å². The van der Waals surface area contributed by atoms with Crippen LogP contribution in [0.2, 0.25) is 0 Å². The second kappa shape index (κ2) is 7.25. The molecule has 128 valence electrons. The summed E-state index contributed by atoms with van der Waals surface area (Å²) in [6.45, 7) is 0.332. The number of aromatic nitrogens is 2. The van der Waals surface area contributed by atoms with Gasteiger partial charge in [0.05, 0.1) is 10.9 Å². The topological polar surface area (TPSA) is 66.1 Å². The molecule has 0 fully saturated rings. The van der Waals surface area contributed by atoms with Gasteiger partial charge in [0.1, 0.15) is 11.6 Å². The molecular weight excluding hydrogens is 321 g/mol. The molecule has 1 N–H and O–H groups in total. The van der Waals surface area contributed by atoms with Gasteiger partial charge >= 0.3 is 0 Å². The molecule has 1 amide bonds. The van der Waals surface area contributed by atoms with E-state index in [4.69, 9.17) is 0 Å². The minimum Gasteiger partial charge on any atom is -0.341 e. The number of carbonyl (C=O) groups excluding carboxylic acids is 1. The van der Waals surface area contributed by atoms with Crippen molar-refractivity contribution in [3.05, 3.63) is 76.1 Å². The third-order valence-corrected chi connectivity index (χ3v) is 3.97. The molecule has 25 heavy (non-hydrogen) atoms. The first-order chi connectivity index (χ1) is 12.0. The molecule has 0 bridgehead atoms. The monoisotopic (exact) mass is 339 g/mol. The SMILES string of the molecule is CN(Cc1cccc(F)c1)C(=O)CCc1nc2ccccc2c(=O)[nH]1. The van der Waals surface area contributed by atoms with Crippen molar-refractivity contribution < 1.29 is 9.18 Å². The van der Waals surface area contributed by atoms with Crippen molar-refractivity contribution in [1.82, 2.24) is 14.9 Å². The molecule has 0 saturated heterocycles. The van der Waals surface area contributed by atoms with E-state index < -0.39 is 0 Å². The Hall–Kier alpha value is -3.02. The van der Waals surface area contributed by atoms with Gasteiger partial charge in [-0.05, 0) is 29.8 Å². The lowest BCUT2D eigenvalue weighted by Gasteiger charge is -2.17. The number of aryl methyl sites for hydroxylation is 1. The molecule has 0 aliphatic rings. The lowest BCUT2D eigenvalue weighted by Crippen LogP contribution is -2.27. The van der Waals surface area contributed by atoms with Crippen molar-refractivity contribution in [2.24, 2.45) is 0 Å². The van der Waals surface area contributed by atoms with E-state index in [0.717, 1.165) is 5.56 Å². The summed E-state index contributed by atoms with van der Waals surface area (Å²) in [6.07, 6.45) is 0.555. The molecule has 2 aromatic carbocycles. The number of aromatic amines is 1. The van der Waals surface area contributed by atoms with Gasteiger partial charge in [-0.1, -0.05) is 24.3 Å². The Morgan fingerprint density at radius 1 is 1.20 bits per heavy atom. The molecule has 6 heteroatoms. The number of para-hydroxylation sites is 1. The summed E-state index contributed by atoms with van der Waals surface area (Å²) in [5.74, 6) is 0.0626. The van der Waals surface area contributed by atoms with Crippen molar-refractivity contribution in [2.45, 2.75) is 19.4 Å². The zero-order valence-corrected chi connectivity index (χ0v) is 13.8. The van der Waals surface area contributed by atoms with Gasteiger partial charge in [-0.2, -0.15) is 0 Å². The highest BCUT2D eigenvalue weighted by Gasteiger charge is 2.11. The predicted octanol–water partition coefficient (Wildman–Crippen LogP) is 2.65. The number of benzene rings is 2. The van der Waals surface area contributed by atoms with Crippen LogP contribution in [0.3, 0.4) is 0 Å². The molecule has 1 heterocycles. The van der Waals surface area contributed by atoms with Crippen LogP contribution in [0.4, 0.5) is 4.39 Å².